The average Bonchev–Trinajstić information content (AvgIpc) is 3.01. The van der Waals surface area contributed by atoms with Crippen LogP contribution in [0.5, 0.6) is 11.5 Å². The molecule has 1 fully saturated rings. The second-order valence-corrected chi connectivity index (χ2v) is 8.88. The number of sulfone groups is 1. The van der Waals surface area contributed by atoms with Crippen LogP contribution in [-0.2, 0) is 19.4 Å². The van der Waals surface area contributed by atoms with Gasteiger partial charge in [-0.15, -0.1) is 0 Å². The first-order chi connectivity index (χ1) is 12.9. The third-order valence-corrected chi connectivity index (χ3v) is 6.43. The van der Waals surface area contributed by atoms with Gasteiger partial charge in [-0.25, -0.2) is 13.4 Å². The van der Waals surface area contributed by atoms with Crippen LogP contribution >= 0.6 is 0 Å². The van der Waals surface area contributed by atoms with E-state index in [1.54, 1.807) is 18.2 Å². The molecular weight excluding hydrogens is 374 g/mol. The summed E-state index contributed by atoms with van der Waals surface area (Å²) in [6, 6.07) is 4.58. The third kappa shape index (κ3) is 3.75. The molecule has 0 unspecified atom stereocenters. The summed E-state index contributed by atoms with van der Waals surface area (Å²) in [4.78, 5) is 24.7. The minimum Gasteiger partial charge on any atom is -0.486 e. The number of amides is 2. The van der Waals surface area contributed by atoms with E-state index >= 15 is 0 Å². The standard InChI is InChI=1S/C17H19N3O6S/c21-16-4-2-13(19-20(16)12-5-8-27(23,24)10-12)17(22)18-11-1-3-14-15(9-11)26-7-6-25-14/h1,3,9,12H,2,4-8,10H2,(H,18,22)/t12-/m1/s1. The van der Waals surface area contributed by atoms with Gasteiger partial charge < -0.3 is 14.8 Å². The van der Waals surface area contributed by atoms with E-state index in [0.29, 0.717) is 36.8 Å². The highest BCUT2D eigenvalue weighted by atomic mass is 32.2. The molecule has 1 aromatic carbocycles. The summed E-state index contributed by atoms with van der Waals surface area (Å²) in [5, 5.41) is 8.08. The molecule has 3 aliphatic heterocycles. The predicted molar refractivity (Wildman–Crippen MR) is 96.6 cm³/mol. The number of hydrazone groups is 1. The molecule has 3 aliphatic rings. The molecule has 0 aliphatic carbocycles. The lowest BCUT2D eigenvalue weighted by Gasteiger charge is -2.27. The van der Waals surface area contributed by atoms with Crippen molar-refractivity contribution in [1.29, 1.82) is 0 Å². The Morgan fingerprint density at radius 2 is 1.96 bits per heavy atom. The molecule has 9 nitrogen and oxygen atoms in total. The summed E-state index contributed by atoms with van der Waals surface area (Å²) in [5.41, 5.74) is 0.729. The highest BCUT2D eigenvalue weighted by molar-refractivity contribution is 7.91. The number of anilines is 1. The Balaban J connectivity index is 1.49. The molecule has 0 saturated carbocycles. The molecule has 1 atom stereocenters. The molecule has 0 bridgehead atoms. The number of benzene rings is 1. The maximum atomic E-state index is 12.6. The van der Waals surface area contributed by atoms with Crippen molar-refractivity contribution in [3.63, 3.8) is 0 Å². The molecule has 3 heterocycles. The van der Waals surface area contributed by atoms with Gasteiger partial charge in [-0.2, -0.15) is 5.10 Å². The van der Waals surface area contributed by atoms with E-state index in [-0.39, 0.29) is 36.0 Å². The Morgan fingerprint density at radius 1 is 1.19 bits per heavy atom. The van der Waals surface area contributed by atoms with Gasteiger partial charge in [0.2, 0.25) is 5.91 Å². The lowest BCUT2D eigenvalue weighted by molar-refractivity contribution is -0.133. The second kappa shape index (κ2) is 6.84. The average molecular weight is 393 g/mol. The van der Waals surface area contributed by atoms with E-state index in [1.807, 2.05) is 0 Å². The molecule has 0 spiro atoms. The van der Waals surface area contributed by atoms with Gasteiger partial charge in [0.25, 0.3) is 5.91 Å². The van der Waals surface area contributed by atoms with Crippen LogP contribution in [0, 0.1) is 0 Å². The zero-order chi connectivity index (χ0) is 19.0. The fraction of sp³-hybridized carbons (Fsp3) is 0.471. The molecule has 2 amide bonds. The molecule has 1 aromatic rings. The number of nitrogens with one attached hydrogen (secondary N) is 1. The van der Waals surface area contributed by atoms with Crippen molar-refractivity contribution in [2.24, 2.45) is 5.10 Å². The van der Waals surface area contributed by atoms with Gasteiger partial charge in [0.05, 0.1) is 17.5 Å². The number of nitrogens with zero attached hydrogens (tertiary/aromatic N) is 2. The first-order valence-electron chi connectivity index (χ1n) is 8.72. The van der Waals surface area contributed by atoms with Crippen LogP contribution in [0.2, 0.25) is 0 Å². The number of fused-ring (bicyclic) bond motifs is 1. The van der Waals surface area contributed by atoms with Crippen molar-refractivity contribution >= 4 is 33.1 Å². The topological polar surface area (TPSA) is 114 Å². The summed E-state index contributed by atoms with van der Waals surface area (Å²) in [7, 11) is -3.15. The highest BCUT2D eigenvalue weighted by Gasteiger charge is 2.37. The first-order valence-corrected chi connectivity index (χ1v) is 10.5. The van der Waals surface area contributed by atoms with Crippen LogP contribution in [0.1, 0.15) is 19.3 Å². The van der Waals surface area contributed by atoms with E-state index < -0.39 is 21.8 Å². The Bertz CT molecular complexity index is 927. The van der Waals surface area contributed by atoms with E-state index in [4.69, 9.17) is 9.47 Å². The van der Waals surface area contributed by atoms with Gasteiger partial charge in [0.15, 0.2) is 21.3 Å². The van der Waals surface area contributed by atoms with Crippen LogP contribution in [0.4, 0.5) is 5.69 Å². The molecule has 1 saturated heterocycles. The van der Waals surface area contributed by atoms with E-state index in [0.717, 1.165) is 0 Å². The second-order valence-electron chi connectivity index (χ2n) is 6.65. The number of rotatable bonds is 3. The van der Waals surface area contributed by atoms with E-state index in [9.17, 15) is 18.0 Å². The monoisotopic (exact) mass is 393 g/mol. The fourth-order valence-corrected chi connectivity index (χ4v) is 5.00. The third-order valence-electron chi connectivity index (χ3n) is 4.68. The summed E-state index contributed by atoms with van der Waals surface area (Å²) in [6.45, 7) is 0.925. The molecule has 1 N–H and O–H groups in total. The van der Waals surface area contributed by atoms with Gasteiger partial charge in [-0.05, 0) is 18.6 Å². The van der Waals surface area contributed by atoms with Gasteiger partial charge in [0.1, 0.15) is 18.9 Å². The molecule has 144 valence electrons. The normalized spacial score (nSPS) is 23.7. The van der Waals surface area contributed by atoms with Crippen molar-refractivity contribution in [2.75, 3.05) is 30.0 Å². The van der Waals surface area contributed by atoms with Crippen molar-refractivity contribution < 1.29 is 27.5 Å². The first kappa shape index (κ1) is 17.8. The lowest BCUT2D eigenvalue weighted by Crippen LogP contribution is -2.42. The Kier molecular flexibility index (Phi) is 4.50. The minimum absolute atomic E-state index is 0.0374. The Hall–Kier alpha value is -2.62. The molecule has 0 radical (unpaired) electrons. The molecule has 27 heavy (non-hydrogen) atoms. The summed E-state index contributed by atoms with van der Waals surface area (Å²) in [5.74, 6) is 0.415. The molecule has 10 heteroatoms. The largest absolute Gasteiger partial charge is 0.486 e. The van der Waals surface area contributed by atoms with Crippen molar-refractivity contribution in [1.82, 2.24) is 5.01 Å². The zero-order valence-corrected chi connectivity index (χ0v) is 15.3. The van der Waals surface area contributed by atoms with Crippen LogP contribution in [-0.4, -0.2) is 61.7 Å². The SMILES string of the molecule is O=C(Nc1ccc2c(c1)OCCO2)C1=NN([C@@H]2CCS(=O)(=O)C2)C(=O)CC1. The number of carbonyl (C=O) groups is 2. The maximum absolute atomic E-state index is 12.6. The number of ether oxygens (including phenoxy) is 2. The molecular formula is C17H19N3O6S. The van der Waals surface area contributed by atoms with Gasteiger partial charge >= 0.3 is 0 Å². The molecule has 0 aromatic heterocycles. The van der Waals surface area contributed by atoms with E-state index in [2.05, 4.69) is 10.4 Å². The fourth-order valence-electron chi connectivity index (χ4n) is 3.31. The van der Waals surface area contributed by atoms with Crippen LogP contribution < -0.4 is 14.8 Å². The Labute approximate surface area is 156 Å². The smallest absolute Gasteiger partial charge is 0.271 e. The van der Waals surface area contributed by atoms with Crippen LogP contribution in [0.3, 0.4) is 0 Å². The Morgan fingerprint density at radius 3 is 2.70 bits per heavy atom. The zero-order valence-electron chi connectivity index (χ0n) is 14.5. The summed E-state index contributed by atoms with van der Waals surface area (Å²) >= 11 is 0. The van der Waals surface area contributed by atoms with Crippen molar-refractivity contribution in [2.45, 2.75) is 25.3 Å². The lowest BCUT2D eigenvalue weighted by atomic mass is 10.1. The maximum Gasteiger partial charge on any atom is 0.271 e. The van der Waals surface area contributed by atoms with Gasteiger partial charge in [0, 0.05) is 24.6 Å². The number of hydrogen-bond acceptors (Lipinski definition) is 7. The number of hydrogen-bond donors (Lipinski definition) is 1. The highest BCUT2D eigenvalue weighted by Crippen LogP contribution is 2.32. The van der Waals surface area contributed by atoms with Crippen LogP contribution in [0.15, 0.2) is 23.3 Å². The molecule has 4 rings (SSSR count). The minimum atomic E-state index is -3.15. The summed E-state index contributed by atoms with van der Waals surface area (Å²) in [6.07, 6.45) is 0.684. The summed E-state index contributed by atoms with van der Waals surface area (Å²) < 4.78 is 34.3. The number of carbonyl (C=O) groups excluding carboxylic acids is 2. The van der Waals surface area contributed by atoms with E-state index in [1.165, 1.54) is 5.01 Å². The van der Waals surface area contributed by atoms with Gasteiger partial charge in [-0.1, -0.05) is 0 Å². The van der Waals surface area contributed by atoms with Crippen molar-refractivity contribution in [3.05, 3.63) is 18.2 Å². The predicted octanol–water partition coefficient (Wildman–Crippen LogP) is 0.562. The quantitative estimate of drug-likeness (QED) is 0.803. The van der Waals surface area contributed by atoms with Gasteiger partial charge in [-0.3, -0.25) is 9.59 Å². The van der Waals surface area contributed by atoms with Crippen molar-refractivity contribution in [3.8, 4) is 11.5 Å². The van der Waals surface area contributed by atoms with Crippen LogP contribution in [0.25, 0.3) is 0 Å².